The molecule has 1 atom stereocenters. The zero-order chi connectivity index (χ0) is 34.4. The number of ether oxygens (including phenoxy) is 2. The third-order valence-electron chi connectivity index (χ3n) is 6.57. The summed E-state index contributed by atoms with van der Waals surface area (Å²) in [5, 5.41) is 14.0. The molecule has 0 aliphatic carbocycles. The number of halogens is 2. The summed E-state index contributed by atoms with van der Waals surface area (Å²) in [7, 11) is -4.58. The van der Waals surface area contributed by atoms with Crippen LogP contribution >= 0.6 is 23.2 Å². The number of amides is 2. The minimum atomic E-state index is -4.58. The third kappa shape index (κ3) is 10.2. The predicted octanol–water partition coefficient (Wildman–Crippen LogP) is 7.09. The molecular weight excluding hydrogens is 669 g/mol. The standard InChI is InChI=1S/C33H31Cl2N3O8S/c1-33(2,3)46-32(40)36-29(31(39)37-47(43,44)27-16-17-28(35)30(19-27)38(41)42)18-21-6-14-26(15-7-21)45-20-22-4-8-23(9-5-22)24-10-12-25(34)13-11-24/h4-17,19,29H,18,20H2,1-3H3,(H,36,40)(H,37,39)/t29-/m0/s1. The number of nitro groups is 1. The highest BCUT2D eigenvalue weighted by Gasteiger charge is 2.29. The van der Waals surface area contributed by atoms with Gasteiger partial charge in [-0.1, -0.05) is 71.7 Å². The molecule has 2 amide bonds. The van der Waals surface area contributed by atoms with E-state index in [0.29, 0.717) is 22.9 Å². The second-order valence-corrected chi connectivity index (χ2v) is 13.9. The maximum absolute atomic E-state index is 13.2. The molecule has 4 aromatic carbocycles. The van der Waals surface area contributed by atoms with Gasteiger partial charge in [0.2, 0.25) is 0 Å². The molecule has 0 aliphatic heterocycles. The van der Waals surface area contributed by atoms with E-state index in [1.54, 1.807) is 45.0 Å². The Bertz CT molecular complexity index is 1860. The Labute approximate surface area is 282 Å². The lowest BCUT2D eigenvalue weighted by atomic mass is 10.0. The molecule has 0 saturated heterocycles. The number of alkyl carbamates (subject to hydrolysis) is 1. The smallest absolute Gasteiger partial charge is 0.408 e. The Morgan fingerprint density at radius 3 is 2.02 bits per heavy atom. The quantitative estimate of drug-likeness (QED) is 0.124. The summed E-state index contributed by atoms with van der Waals surface area (Å²) in [6.45, 7) is 5.19. The number of sulfonamides is 1. The SMILES string of the molecule is CC(C)(C)OC(=O)N[C@@H](Cc1ccc(OCc2ccc(-c3ccc(Cl)cc3)cc2)cc1)C(=O)NS(=O)(=O)c1ccc(Cl)c([N+](=O)[O-])c1. The highest BCUT2D eigenvalue weighted by atomic mass is 35.5. The fraction of sp³-hybridized carbons (Fsp3) is 0.212. The van der Waals surface area contributed by atoms with Crippen LogP contribution in [0.2, 0.25) is 10.0 Å². The topological polar surface area (TPSA) is 154 Å². The maximum Gasteiger partial charge on any atom is 0.408 e. The number of nitrogens with one attached hydrogen (secondary N) is 2. The summed E-state index contributed by atoms with van der Waals surface area (Å²) in [5.74, 6) is -0.542. The van der Waals surface area contributed by atoms with Gasteiger partial charge in [0, 0.05) is 17.5 Å². The van der Waals surface area contributed by atoms with Crippen molar-refractivity contribution < 1.29 is 32.4 Å². The normalized spacial score (nSPS) is 12.1. The first-order valence-electron chi connectivity index (χ1n) is 14.2. The van der Waals surface area contributed by atoms with Gasteiger partial charge in [0.25, 0.3) is 21.6 Å². The Balaban J connectivity index is 1.44. The van der Waals surface area contributed by atoms with Crippen molar-refractivity contribution in [2.75, 3.05) is 0 Å². The second-order valence-electron chi connectivity index (χ2n) is 11.4. The van der Waals surface area contributed by atoms with Gasteiger partial charge in [-0.3, -0.25) is 14.9 Å². The van der Waals surface area contributed by atoms with Crippen LogP contribution < -0.4 is 14.8 Å². The van der Waals surface area contributed by atoms with E-state index in [9.17, 15) is 28.1 Å². The summed E-state index contributed by atoms with van der Waals surface area (Å²) in [4.78, 5) is 35.6. The highest BCUT2D eigenvalue weighted by molar-refractivity contribution is 7.90. The van der Waals surface area contributed by atoms with Gasteiger partial charge in [-0.2, -0.15) is 0 Å². The Morgan fingerprint density at radius 1 is 0.872 bits per heavy atom. The van der Waals surface area contributed by atoms with Crippen LogP contribution in [0, 0.1) is 10.1 Å². The first-order chi connectivity index (χ1) is 22.1. The van der Waals surface area contributed by atoms with Crippen molar-refractivity contribution >= 4 is 50.9 Å². The van der Waals surface area contributed by atoms with Gasteiger partial charge < -0.3 is 14.8 Å². The molecule has 4 aromatic rings. The number of benzene rings is 4. The Kier molecular flexibility index (Phi) is 11.1. The van der Waals surface area contributed by atoms with Crippen LogP contribution in [0.1, 0.15) is 31.9 Å². The zero-order valence-electron chi connectivity index (χ0n) is 25.5. The molecule has 11 nitrogen and oxygen atoms in total. The minimum Gasteiger partial charge on any atom is -0.489 e. The van der Waals surface area contributed by atoms with Crippen LogP contribution in [0.15, 0.2) is 95.9 Å². The van der Waals surface area contributed by atoms with Crippen LogP contribution in [0.25, 0.3) is 11.1 Å². The van der Waals surface area contributed by atoms with Crippen molar-refractivity contribution in [1.29, 1.82) is 0 Å². The van der Waals surface area contributed by atoms with Gasteiger partial charge in [-0.15, -0.1) is 0 Å². The fourth-order valence-electron chi connectivity index (χ4n) is 4.28. The summed E-state index contributed by atoms with van der Waals surface area (Å²) in [6, 6.07) is 23.6. The average molecular weight is 701 g/mol. The predicted molar refractivity (Wildman–Crippen MR) is 178 cm³/mol. The number of nitro benzene ring substituents is 1. The molecule has 0 heterocycles. The minimum absolute atomic E-state index is 0.117. The van der Waals surface area contributed by atoms with Crippen molar-refractivity contribution in [1.82, 2.24) is 10.0 Å². The van der Waals surface area contributed by atoms with E-state index >= 15 is 0 Å². The monoisotopic (exact) mass is 699 g/mol. The lowest BCUT2D eigenvalue weighted by Crippen LogP contribution is -2.50. The number of nitrogens with zero attached hydrogens (tertiary/aromatic N) is 1. The molecule has 2 N–H and O–H groups in total. The van der Waals surface area contributed by atoms with Gasteiger partial charge in [0.05, 0.1) is 9.82 Å². The fourth-order valence-corrected chi connectivity index (χ4v) is 5.63. The van der Waals surface area contributed by atoms with Crippen LogP contribution in [-0.4, -0.2) is 37.0 Å². The van der Waals surface area contributed by atoms with Crippen LogP contribution in [0.3, 0.4) is 0 Å². The van der Waals surface area contributed by atoms with E-state index in [1.807, 2.05) is 53.3 Å². The molecule has 47 heavy (non-hydrogen) atoms. The molecular formula is C33H31Cl2N3O8S. The second kappa shape index (κ2) is 14.8. The summed E-state index contributed by atoms with van der Waals surface area (Å²) < 4.78 is 39.0. The van der Waals surface area contributed by atoms with E-state index in [1.165, 1.54) is 0 Å². The maximum atomic E-state index is 13.2. The van der Waals surface area contributed by atoms with Gasteiger partial charge in [-0.25, -0.2) is 17.9 Å². The van der Waals surface area contributed by atoms with E-state index < -0.39 is 49.2 Å². The first kappa shape index (κ1) is 35.2. The third-order valence-corrected chi connectivity index (χ3v) is 8.48. The highest BCUT2D eigenvalue weighted by Crippen LogP contribution is 2.27. The number of hydrogen-bond donors (Lipinski definition) is 2. The van der Waals surface area contributed by atoms with Crippen molar-refractivity contribution in [2.24, 2.45) is 0 Å². The van der Waals surface area contributed by atoms with Crippen molar-refractivity contribution in [3.63, 3.8) is 0 Å². The molecule has 4 rings (SSSR count). The van der Waals surface area contributed by atoms with E-state index in [-0.39, 0.29) is 11.4 Å². The molecule has 0 saturated carbocycles. The largest absolute Gasteiger partial charge is 0.489 e. The molecule has 0 fully saturated rings. The van der Waals surface area contributed by atoms with Gasteiger partial charge in [0.15, 0.2) is 0 Å². The lowest BCUT2D eigenvalue weighted by molar-refractivity contribution is -0.384. The number of carbonyl (C=O) groups is 2. The summed E-state index contributed by atoms with van der Waals surface area (Å²) in [6.07, 6.45) is -1.06. The van der Waals surface area contributed by atoms with Gasteiger partial charge in [0.1, 0.15) is 29.0 Å². The molecule has 0 unspecified atom stereocenters. The van der Waals surface area contributed by atoms with Crippen LogP contribution in [0.4, 0.5) is 10.5 Å². The molecule has 246 valence electrons. The van der Waals surface area contributed by atoms with Gasteiger partial charge in [-0.05, 0) is 79.4 Å². The molecule has 14 heteroatoms. The van der Waals surface area contributed by atoms with Crippen molar-refractivity contribution in [3.8, 4) is 16.9 Å². The number of rotatable bonds is 11. The Hall–Kier alpha value is -4.65. The van der Waals surface area contributed by atoms with Crippen LogP contribution in [0.5, 0.6) is 5.75 Å². The molecule has 0 radical (unpaired) electrons. The first-order valence-corrected chi connectivity index (χ1v) is 16.4. The zero-order valence-corrected chi connectivity index (χ0v) is 27.9. The van der Waals surface area contributed by atoms with E-state index in [2.05, 4.69) is 5.32 Å². The molecule has 0 bridgehead atoms. The van der Waals surface area contributed by atoms with Crippen molar-refractivity contribution in [3.05, 3.63) is 122 Å². The van der Waals surface area contributed by atoms with E-state index in [0.717, 1.165) is 34.9 Å². The lowest BCUT2D eigenvalue weighted by Gasteiger charge is -2.23. The Morgan fingerprint density at radius 2 is 1.45 bits per heavy atom. The number of carbonyl (C=O) groups excluding carboxylic acids is 2. The van der Waals surface area contributed by atoms with Crippen molar-refractivity contribution in [2.45, 2.75) is 50.3 Å². The average Bonchev–Trinajstić information content (AvgIpc) is 3.00. The molecule has 0 aliphatic rings. The van der Waals surface area contributed by atoms with Gasteiger partial charge >= 0.3 is 6.09 Å². The molecule has 0 spiro atoms. The molecule has 0 aromatic heterocycles. The van der Waals surface area contributed by atoms with Crippen LogP contribution in [-0.2, 0) is 32.6 Å². The van der Waals surface area contributed by atoms with E-state index in [4.69, 9.17) is 32.7 Å². The summed E-state index contributed by atoms with van der Waals surface area (Å²) >= 11 is 11.8. The number of hydrogen-bond acceptors (Lipinski definition) is 8. The summed E-state index contributed by atoms with van der Waals surface area (Å²) in [5.41, 5.74) is 2.04.